The lowest BCUT2D eigenvalue weighted by Crippen LogP contribution is -2.47. The van der Waals surface area contributed by atoms with Gasteiger partial charge in [0, 0.05) is 13.1 Å². The lowest BCUT2D eigenvalue weighted by molar-refractivity contribution is -0.0610. The number of rotatable bonds is 4. The molecule has 1 aliphatic heterocycles. The van der Waals surface area contributed by atoms with E-state index in [-0.39, 0.29) is 6.10 Å². The van der Waals surface area contributed by atoms with Crippen LogP contribution < -0.4 is 5.32 Å². The highest BCUT2D eigenvalue weighted by atomic mass is 32.1. The molecule has 1 aromatic heterocycles. The maximum atomic E-state index is 5.89. The van der Waals surface area contributed by atoms with E-state index in [0.717, 1.165) is 26.2 Å². The summed E-state index contributed by atoms with van der Waals surface area (Å²) in [6.07, 6.45) is 0.272. The quantitative estimate of drug-likeness (QED) is 0.867. The zero-order valence-electron chi connectivity index (χ0n) is 9.98. The fourth-order valence-corrected chi connectivity index (χ4v) is 2.92. The molecule has 0 spiro atoms. The van der Waals surface area contributed by atoms with E-state index >= 15 is 0 Å². The molecule has 0 aromatic carbocycles. The average Bonchev–Trinajstić information content (AvgIpc) is 2.79. The second-order valence-corrected chi connectivity index (χ2v) is 4.98. The molecule has 16 heavy (non-hydrogen) atoms. The highest BCUT2D eigenvalue weighted by molar-refractivity contribution is 7.07. The van der Waals surface area contributed by atoms with Crippen molar-refractivity contribution in [1.82, 2.24) is 10.2 Å². The molecular formula is C12H20N2OS. The van der Waals surface area contributed by atoms with Gasteiger partial charge in [0.2, 0.25) is 0 Å². The van der Waals surface area contributed by atoms with E-state index in [9.17, 15) is 0 Å². The maximum absolute atomic E-state index is 5.89. The predicted molar refractivity (Wildman–Crippen MR) is 68.0 cm³/mol. The Balaban J connectivity index is 2.08. The van der Waals surface area contributed by atoms with Gasteiger partial charge in [-0.1, -0.05) is 6.92 Å². The first kappa shape index (κ1) is 12.0. The van der Waals surface area contributed by atoms with Crippen molar-refractivity contribution in [2.75, 3.05) is 33.3 Å². The third-order valence-corrected chi connectivity index (χ3v) is 3.78. The second kappa shape index (κ2) is 5.77. The summed E-state index contributed by atoms with van der Waals surface area (Å²) < 4.78 is 5.89. The first-order valence-electron chi connectivity index (χ1n) is 5.87. The zero-order valence-corrected chi connectivity index (χ0v) is 10.8. The minimum atomic E-state index is 0.272. The van der Waals surface area contributed by atoms with Gasteiger partial charge in [-0.3, -0.25) is 4.90 Å². The van der Waals surface area contributed by atoms with E-state index in [1.165, 1.54) is 5.56 Å². The number of nitrogens with zero attached hydrogens (tertiary/aromatic N) is 1. The van der Waals surface area contributed by atoms with Gasteiger partial charge in [0.25, 0.3) is 0 Å². The van der Waals surface area contributed by atoms with Crippen LogP contribution in [-0.4, -0.2) is 44.3 Å². The van der Waals surface area contributed by atoms with Crippen molar-refractivity contribution in [2.45, 2.75) is 19.1 Å². The van der Waals surface area contributed by atoms with Crippen LogP contribution in [0.5, 0.6) is 0 Å². The van der Waals surface area contributed by atoms with Crippen LogP contribution in [0, 0.1) is 0 Å². The topological polar surface area (TPSA) is 24.5 Å². The third kappa shape index (κ3) is 2.63. The summed E-state index contributed by atoms with van der Waals surface area (Å²) in [4.78, 5) is 2.40. The molecule has 0 bridgehead atoms. The van der Waals surface area contributed by atoms with Crippen molar-refractivity contribution in [3.63, 3.8) is 0 Å². The van der Waals surface area contributed by atoms with E-state index in [0.29, 0.717) is 6.04 Å². The molecule has 0 saturated carbocycles. The SMILES string of the molecule is CCNCC1OCCN(C)C1c1ccsc1. The monoisotopic (exact) mass is 240 g/mol. The number of thiophene rings is 1. The van der Waals surface area contributed by atoms with Crippen LogP contribution in [-0.2, 0) is 4.74 Å². The fraction of sp³-hybridized carbons (Fsp3) is 0.667. The highest BCUT2D eigenvalue weighted by Crippen LogP contribution is 2.29. The number of likely N-dealkylation sites (N-methyl/N-ethyl adjacent to an activating group) is 2. The van der Waals surface area contributed by atoms with Gasteiger partial charge < -0.3 is 10.1 Å². The number of ether oxygens (including phenoxy) is 1. The van der Waals surface area contributed by atoms with Gasteiger partial charge in [0.05, 0.1) is 18.8 Å². The van der Waals surface area contributed by atoms with Crippen LogP contribution in [0.15, 0.2) is 16.8 Å². The van der Waals surface area contributed by atoms with Crippen LogP contribution in [0.4, 0.5) is 0 Å². The van der Waals surface area contributed by atoms with E-state index in [1.54, 1.807) is 11.3 Å². The summed E-state index contributed by atoms with van der Waals surface area (Å²) >= 11 is 1.76. The lowest BCUT2D eigenvalue weighted by atomic mass is 10.0. The molecule has 1 aliphatic rings. The number of nitrogens with one attached hydrogen (secondary N) is 1. The van der Waals surface area contributed by atoms with Crippen molar-refractivity contribution in [3.8, 4) is 0 Å². The molecule has 1 N–H and O–H groups in total. The van der Waals surface area contributed by atoms with E-state index < -0.39 is 0 Å². The van der Waals surface area contributed by atoms with Gasteiger partial charge >= 0.3 is 0 Å². The Kier molecular flexibility index (Phi) is 4.35. The second-order valence-electron chi connectivity index (χ2n) is 4.20. The van der Waals surface area contributed by atoms with Crippen molar-refractivity contribution in [1.29, 1.82) is 0 Å². The highest BCUT2D eigenvalue weighted by Gasteiger charge is 2.31. The summed E-state index contributed by atoms with van der Waals surface area (Å²) in [5.41, 5.74) is 1.38. The van der Waals surface area contributed by atoms with Gasteiger partial charge in [-0.05, 0) is 36.0 Å². The van der Waals surface area contributed by atoms with Gasteiger partial charge in [-0.2, -0.15) is 11.3 Å². The first-order valence-corrected chi connectivity index (χ1v) is 6.82. The molecule has 2 atom stereocenters. The predicted octanol–water partition coefficient (Wildman–Crippen LogP) is 1.73. The van der Waals surface area contributed by atoms with Crippen molar-refractivity contribution in [3.05, 3.63) is 22.4 Å². The molecule has 2 heterocycles. The standard InChI is InChI=1S/C12H20N2OS/c1-3-13-8-11-12(10-4-7-16-9-10)14(2)5-6-15-11/h4,7,9,11-13H,3,5-6,8H2,1-2H3. The van der Waals surface area contributed by atoms with Crippen LogP contribution in [0.2, 0.25) is 0 Å². The molecule has 0 amide bonds. The maximum Gasteiger partial charge on any atom is 0.0896 e. The molecule has 1 fully saturated rings. The summed E-state index contributed by atoms with van der Waals surface area (Å²) in [5.74, 6) is 0. The summed E-state index contributed by atoms with van der Waals surface area (Å²) in [5, 5.41) is 7.75. The fourth-order valence-electron chi connectivity index (χ4n) is 2.23. The summed E-state index contributed by atoms with van der Waals surface area (Å²) in [6.45, 7) is 5.92. The molecule has 2 rings (SSSR count). The van der Waals surface area contributed by atoms with Gasteiger partial charge in [-0.25, -0.2) is 0 Å². The van der Waals surface area contributed by atoms with Crippen LogP contribution in [0.1, 0.15) is 18.5 Å². The molecule has 2 unspecified atom stereocenters. The Hall–Kier alpha value is -0.420. The average molecular weight is 240 g/mol. The zero-order chi connectivity index (χ0) is 11.4. The summed E-state index contributed by atoms with van der Waals surface area (Å²) in [7, 11) is 2.18. The Labute approximate surface area is 101 Å². The van der Waals surface area contributed by atoms with Crippen LogP contribution >= 0.6 is 11.3 Å². The smallest absolute Gasteiger partial charge is 0.0896 e. The molecule has 0 radical (unpaired) electrons. The van der Waals surface area contributed by atoms with E-state index in [2.05, 4.69) is 41.0 Å². The Morgan fingerprint density at radius 1 is 1.62 bits per heavy atom. The van der Waals surface area contributed by atoms with Crippen LogP contribution in [0.25, 0.3) is 0 Å². The van der Waals surface area contributed by atoms with E-state index in [4.69, 9.17) is 4.74 Å². The lowest BCUT2D eigenvalue weighted by Gasteiger charge is -2.39. The normalized spacial score (nSPS) is 27.1. The van der Waals surface area contributed by atoms with E-state index in [1.807, 2.05) is 0 Å². The molecular weight excluding hydrogens is 220 g/mol. The minimum absolute atomic E-state index is 0.272. The Bertz CT molecular complexity index is 302. The number of hydrogen-bond donors (Lipinski definition) is 1. The number of hydrogen-bond acceptors (Lipinski definition) is 4. The Morgan fingerprint density at radius 3 is 3.19 bits per heavy atom. The first-order chi connectivity index (χ1) is 7.83. The largest absolute Gasteiger partial charge is 0.374 e. The Morgan fingerprint density at radius 2 is 2.50 bits per heavy atom. The van der Waals surface area contributed by atoms with Gasteiger partial charge in [0.15, 0.2) is 0 Å². The van der Waals surface area contributed by atoms with Crippen molar-refractivity contribution >= 4 is 11.3 Å². The van der Waals surface area contributed by atoms with Gasteiger partial charge in [-0.15, -0.1) is 0 Å². The van der Waals surface area contributed by atoms with Crippen molar-refractivity contribution in [2.24, 2.45) is 0 Å². The molecule has 1 saturated heterocycles. The number of morpholine rings is 1. The van der Waals surface area contributed by atoms with Crippen LogP contribution in [0.3, 0.4) is 0 Å². The van der Waals surface area contributed by atoms with Crippen molar-refractivity contribution < 1.29 is 4.74 Å². The molecule has 1 aromatic rings. The third-order valence-electron chi connectivity index (χ3n) is 3.08. The molecule has 4 heteroatoms. The molecule has 3 nitrogen and oxygen atoms in total. The minimum Gasteiger partial charge on any atom is -0.374 e. The van der Waals surface area contributed by atoms with Gasteiger partial charge in [0.1, 0.15) is 0 Å². The molecule has 0 aliphatic carbocycles. The molecule has 90 valence electrons. The summed E-state index contributed by atoms with van der Waals surface area (Å²) in [6, 6.07) is 2.61.